The Morgan fingerprint density at radius 2 is 1.78 bits per heavy atom. The molecule has 0 radical (unpaired) electrons. The van der Waals surface area contributed by atoms with Gasteiger partial charge in [0.25, 0.3) is 0 Å². The van der Waals surface area contributed by atoms with Gasteiger partial charge in [-0.25, -0.2) is 0 Å². The third kappa shape index (κ3) is 4.45. The van der Waals surface area contributed by atoms with Crippen LogP contribution in [0.3, 0.4) is 0 Å². The molecule has 3 nitrogen and oxygen atoms in total. The minimum Gasteiger partial charge on any atom is -0.507 e. The van der Waals surface area contributed by atoms with Gasteiger partial charge in [-0.05, 0) is 44.5 Å². The average molecular weight is 324 g/mol. The van der Waals surface area contributed by atoms with Crippen LogP contribution in [0.4, 0.5) is 13.2 Å². The molecule has 6 heteroatoms. The maximum atomic E-state index is 13.1. The summed E-state index contributed by atoms with van der Waals surface area (Å²) in [6, 6.07) is 5.93. The van der Waals surface area contributed by atoms with Gasteiger partial charge in [0.1, 0.15) is 5.75 Å². The first-order chi connectivity index (χ1) is 10.6. The largest absolute Gasteiger partial charge is 0.507 e. The molecule has 0 aliphatic rings. The number of benzene rings is 1. The summed E-state index contributed by atoms with van der Waals surface area (Å²) in [5, 5.41) is 13.3. The summed E-state index contributed by atoms with van der Waals surface area (Å²) in [4.78, 5) is 3.54. The Morgan fingerprint density at radius 3 is 2.39 bits per heavy atom. The van der Waals surface area contributed by atoms with Gasteiger partial charge in [0.15, 0.2) is 0 Å². The Labute approximate surface area is 133 Å². The second-order valence-corrected chi connectivity index (χ2v) is 6.37. The number of aromatic nitrogens is 1. The van der Waals surface area contributed by atoms with Gasteiger partial charge in [-0.2, -0.15) is 13.2 Å². The van der Waals surface area contributed by atoms with Crippen LogP contribution in [0.25, 0.3) is 11.1 Å². The van der Waals surface area contributed by atoms with Gasteiger partial charge in [0, 0.05) is 35.6 Å². The molecule has 0 spiro atoms. The third-order valence-corrected chi connectivity index (χ3v) is 3.30. The standard InChI is InChI=1S/C17H19F3N2O/c1-16(2,3)22-9-11-4-5-15(23)13(8-11)12-6-7-21-10-14(12)17(18,19)20/h4-8,10,22-23H,9H2,1-3H3. The molecule has 2 N–H and O–H groups in total. The van der Waals surface area contributed by atoms with E-state index in [1.165, 1.54) is 18.3 Å². The van der Waals surface area contributed by atoms with Gasteiger partial charge < -0.3 is 10.4 Å². The first-order valence-electron chi connectivity index (χ1n) is 7.16. The van der Waals surface area contributed by atoms with Crippen molar-refractivity contribution >= 4 is 0 Å². The Hall–Kier alpha value is -2.08. The normalized spacial score (nSPS) is 12.4. The number of hydrogen-bond donors (Lipinski definition) is 2. The quantitative estimate of drug-likeness (QED) is 0.882. The fourth-order valence-corrected chi connectivity index (χ4v) is 2.13. The first kappa shape index (κ1) is 17.3. The molecule has 0 saturated carbocycles. The smallest absolute Gasteiger partial charge is 0.418 e. The molecule has 0 saturated heterocycles. The van der Waals surface area contributed by atoms with E-state index in [1.807, 2.05) is 20.8 Å². The molecule has 0 bridgehead atoms. The Morgan fingerprint density at radius 1 is 1.09 bits per heavy atom. The van der Waals surface area contributed by atoms with Crippen LogP contribution < -0.4 is 5.32 Å². The molecule has 124 valence electrons. The Kier molecular flexibility index (Phi) is 4.66. The van der Waals surface area contributed by atoms with Crippen molar-refractivity contribution in [2.24, 2.45) is 0 Å². The van der Waals surface area contributed by atoms with E-state index in [9.17, 15) is 18.3 Å². The van der Waals surface area contributed by atoms with Gasteiger partial charge >= 0.3 is 6.18 Å². The minimum atomic E-state index is -4.53. The molecular formula is C17H19F3N2O. The van der Waals surface area contributed by atoms with Crippen LogP contribution in [0.2, 0.25) is 0 Å². The molecule has 1 heterocycles. The summed E-state index contributed by atoms with van der Waals surface area (Å²) in [6.45, 7) is 6.49. The molecule has 23 heavy (non-hydrogen) atoms. The number of hydrogen-bond acceptors (Lipinski definition) is 3. The van der Waals surface area contributed by atoms with Crippen LogP contribution in [-0.2, 0) is 12.7 Å². The zero-order valence-corrected chi connectivity index (χ0v) is 13.2. The average Bonchev–Trinajstić information content (AvgIpc) is 2.45. The van der Waals surface area contributed by atoms with Crippen molar-refractivity contribution in [3.8, 4) is 16.9 Å². The zero-order chi connectivity index (χ0) is 17.3. The van der Waals surface area contributed by atoms with Crippen molar-refractivity contribution in [2.45, 2.75) is 39.0 Å². The lowest BCUT2D eigenvalue weighted by atomic mass is 9.98. The summed E-state index contributed by atoms with van der Waals surface area (Å²) >= 11 is 0. The molecule has 1 aromatic carbocycles. The fraction of sp³-hybridized carbons (Fsp3) is 0.353. The molecule has 0 fully saturated rings. The van der Waals surface area contributed by atoms with Gasteiger partial charge in [0.2, 0.25) is 0 Å². The SMILES string of the molecule is CC(C)(C)NCc1ccc(O)c(-c2ccncc2C(F)(F)F)c1. The lowest BCUT2D eigenvalue weighted by Crippen LogP contribution is -2.35. The first-order valence-corrected chi connectivity index (χ1v) is 7.16. The highest BCUT2D eigenvalue weighted by Gasteiger charge is 2.34. The number of halogens is 3. The third-order valence-electron chi connectivity index (χ3n) is 3.30. The molecule has 2 rings (SSSR count). The van der Waals surface area contributed by atoms with E-state index < -0.39 is 11.7 Å². The van der Waals surface area contributed by atoms with Gasteiger partial charge in [-0.3, -0.25) is 4.98 Å². The topological polar surface area (TPSA) is 45.1 Å². The number of alkyl halides is 3. The maximum absolute atomic E-state index is 13.1. The highest BCUT2D eigenvalue weighted by atomic mass is 19.4. The summed E-state index contributed by atoms with van der Waals surface area (Å²) in [5.41, 5.74) is -0.129. The van der Waals surface area contributed by atoms with E-state index in [-0.39, 0.29) is 22.4 Å². The molecular weight excluding hydrogens is 305 g/mol. The molecule has 0 aliphatic carbocycles. The number of pyridine rings is 1. The van der Waals surface area contributed by atoms with Crippen molar-refractivity contribution in [1.29, 1.82) is 0 Å². The van der Waals surface area contributed by atoms with Crippen molar-refractivity contribution in [3.63, 3.8) is 0 Å². The predicted molar refractivity (Wildman–Crippen MR) is 82.9 cm³/mol. The molecule has 1 aromatic heterocycles. The van der Waals surface area contributed by atoms with Gasteiger partial charge in [-0.15, -0.1) is 0 Å². The maximum Gasteiger partial charge on any atom is 0.418 e. The lowest BCUT2D eigenvalue weighted by Gasteiger charge is -2.21. The van der Waals surface area contributed by atoms with E-state index in [2.05, 4.69) is 10.3 Å². The number of nitrogens with zero attached hydrogens (tertiary/aromatic N) is 1. The van der Waals surface area contributed by atoms with Gasteiger partial charge in [0.05, 0.1) is 5.56 Å². The van der Waals surface area contributed by atoms with Crippen LogP contribution in [0.1, 0.15) is 31.9 Å². The fourth-order valence-electron chi connectivity index (χ4n) is 2.13. The summed E-state index contributed by atoms with van der Waals surface area (Å²) in [5.74, 6) is -0.193. The van der Waals surface area contributed by atoms with Crippen LogP contribution in [0, 0.1) is 0 Å². The Balaban J connectivity index is 2.44. The number of rotatable bonds is 3. The summed E-state index contributed by atoms with van der Waals surface area (Å²) < 4.78 is 39.4. The zero-order valence-electron chi connectivity index (χ0n) is 13.2. The number of nitrogens with one attached hydrogen (secondary N) is 1. The number of aromatic hydroxyl groups is 1. The molecule has 0 atom stereocenters. The predicted octanol–water partition coefficient (Wildman–Crippen LogP) is 4.36. The van der Waals surface area contributed by atoms with Crippen molar-refractivity contribution in [3.05, 3.63) is 47.8 Å². The van der Waals surface area contributed by atoms with E-state index in [4.69, 9.17) is 0 Å². The van der Waals surface area contributed by atoms with E-state index in [0.717, 1.165) is 11.8 Å². The van der Waals surface area contributed by atoms with Crippen molar-refractivity contribution in [2.75, 3.05) is 0 Å². The van der Waals surface area contributed by atoms with Crippen LogP contribution in [-0.4, -0.2) is 15.6 Å². The molecule has 0 aliphatic heterocycles. The second kappa shape index (κ2) is 6.20. The Bertz CT molecular complexity index is 691. The van der Waals surface area contributed by atoms with Crippen molar-refractivity contribution < 1.29 is 18.3 Å². The van der Waals surface area contributed by atoms with Crippen LogP contribution >= 0.6 is 0 Å². The van der Waals surface area contributed by atoms with E-state index >= 15 is 0 Å². The van der Waals surface area contributed by atoms with Gasteiger partial charge in [-0.1, -0.05) is 6.07 Å². The monoisotopic (exact) mass is 324 g/mol. The second-order valence-electron chi connectivity index (χ2n) is 6.37. The van der Waals surface area contributed by atoms with E-state index in [1.54, 1.807) is 12.1 Å². The van der Waals surface area contributed by atoms with Crippen molar-refractivity contribution in [1.82, 2.24) is 10.3 Å². The lowest BCUT2D eigenvalue weighted by molar-refractivity contribution is -0.137. The summed E-state index contributed by atoms with van der Waals surface area (Å²) in [7, 11) is 0. The van der Waals surface area contributed by atoms with Crippen LogP contribution in [0.5, 0.6) is 5.75 Å². The number of phenolic OH excluding ortho intramolecular Hbond substituents is 1. The summed E-state index contributed by atoms with van der Waals surface area (Å²) in [6.07, 6.45) is -2.48. The highest BCUT2D eigenvalue weighted by Crippen LogP contribution is 2.39. The number of phenols is 1. The highest BCUT2D eigenvalue weighted by molar-refractivity contribution is 5.73. The van der Waals surface area contributed by atoms with E-state index in [0.29, 0.717) is 6.54 Å². The van der Waals surface area contributed by atoms with Crippen LogP contribution in [0.15, 0.2) is 36.7 Å². The molecule has 0 unspecified atom stereocenters. The minimum absolute atomic E-state index is 0.0809. The molecule has 2 aromatic rings. The molecule has 0 amide bonds.